The van der Waals surface area contributed by atoms with Gasteiger partial charge in [0.15, 0.2) is 0 Å². The number of amides is 1. The highest BCUT2D eigenvalue weighted by molar-refractivity contribution is 5.81. The van der Waals surface area contributed by atoms with Crippen molar-refractivity contribution in [1.82, 2.24) is 4.90 Å². The fraction of sp³-hybridized carbons (Fsp3) is 0.929. The van der Waals surface area contributed by atoms with Gasteiger partial charge in [-0.15, -0.1) is 0 Å². The summed E-state index contributed by atoms with van der Waals surface area (Å²) in [6.07, 6.45) is 5.70. The maximum Gasteiger partial charge on any atom is 0.239 e. The Morgan fingerprint density at radius 1 is 1.35 bits per heavy atom. The van der Waals surface area contributed by atoms with Crippen LogP contribution >= 0.6 is 0 Å². The van der Waals surface area contributed by atoms with Crippen molar-refractivity contribution < 1.29 is 4.79 Å². The van der Waals surface area contributed by atoms with Gasteiger partial charge < -0.3 is 10.6 Å². The summed E-state index contributed by atoms with van der Waals surface area (Å²) in [5, 5.41) is 0. The maximum absolute atomic E-state index is 12.2. The monoisotopic (exact) mass is 240 g/mol. The molecule has 0 spiro atoms. The van der Waals surface area contributed by atoms with E-state index in [9.17, 15) is 4.79 Å². The van der Waals surface area contributed by atoms with Crippen molar-refractivity contribution in [1.29, 1.82) is 0 Å². The van der Waals surface area contributed by atoms with E-state index in [-0.39, 0.29) is 11.9 Å². The van der Waals surface area contributed by atoms with E-state index in [1.165, 1.54) is 19.3 Å². The van der Waals surface area contributed by atoms with Gasteiger partial charge in [0, 0.05) is 13.1 Å². The molecule has 17 heavy (non-hydrogen) atoms. The molecule has 2 unspecified atom stereocenters. The Morgan fingerprint density at radius 3 is 2.47 bits per heavy atom. The Balaban J connectivity index is 2.55. The highest BCUT2D eigenvalue weighted by Gasteiger charge is 2.30. The standard InChI is InChI=1S/C14H28N2O/c1-10(2)9-12(15)14(17)16(4)13-8-6-5-7-11(13)3/h10-13H,5-9,15H2,1-4H3/t11?,12-,13?/m1/s1. The number of carbonyl (C=O) groups excluding carboxylic acids is 1. The summed E-state index contributed by atoms with van der Waals surface area (Å²) in [4.78, 5) is 14.1. The lowest BCUT2D eigenvalue weighted by Crippen LogP contribution is -2.49. The molecule has 1 aliphatic rings. The second kappa shape index (κ2) is 6.39. The molecule has 1 aliphatic carbocycles. The molecule has 1 amide bonds. The number of hydrogen-bond donors (Lipinski definition) is 1. The van der Waals surface area contributed by atoms with Gasteiger partial charge in [0.1, 0.15) is 0 Å². The van der Waals surface area contributed by atoms with Crippen LogP contribution in [0.1, 0.15) is 52.9 Å². The van der Waals surface area contributed by atoms with Crippen LogP contribution < -0.4 is 5.73 Å². The lowest BCUT2D eigenvalue weighted by atomic mass is 9.84. The lowest BCUT2D eigenvalue weighted by molar-refractivity contribution is -0.135. The normalized spacial score (nSPS) is 26.9. The summed E-state index contributed by atoms with van der Waals surface area (Å²) in [5.41, 5.74) is 5.98. The Kier molecular flexibility index (Phi) is 5.44. The second-order valence-corrected chi connectivity index (χ2v) is 6.01. The first kappa shape index (κ1) is 14.5. The second-order valence-electron chi connectivity index (χ2n) is 6.01. The first-order valence-corrected chi connectivity index (χ1v) is 6.95. The van der Waals surface area contributed by atoms with Crippen molar-refractivity contribution in [2.45, 2.75) is 65.0 Å². The zero-order chi connectivity index (χ0) is 13.0. The molecular formula is C14H28N2O. The smallest absolute Gasteiger partial charge is 0.239 e. The van der Waals surface area contributed by atoms with Crippen molar-refractivity contribution in [2.75, 3.05) is 7.05 Å². The summed E-state index contributed by atoms with van der Waals surface area (Å²) in [7, 11) is 1.93. The van der Waals surface area contributed by atoms with Gasteiger partial charge in [-0.2, -0.15) is 0 Å². The van der Waals surface area contributed by atoms with Gasteiger partial charge in [-0.05, 0) is 31.1 Å². The predicted octanol–water partition coefficient (Wildman–Crippen LogP) is 2.40. The highest BCUT2D eigenvalue weighted by atomic mass is 16.2. The molecule has 0 aliphatic heterocycles. The number of hydrogen-bond acceptors (Lipinski definition) is 2. The molecule has 0 bridgehead atoms. The number of rotatable bonds is 4. The minimum atomic E-state index is -0.325. The van der Waals surface area contributed by atoms with E-state index in [0.717, 1.165) is 12.8 Å². The lowest BCUT2D eigenvalue weighted by Gasteiger charge is -2.37. The van der Waals surface area contributed by atoms with Crippen molar-refractivity contribution in [3.8, 4) is 0 Å². The van der Waals surface area contributed by atoms with Crippen molar-refractivity contribution in [3.05, 3.63) is 0 Å². The van der Waals surface area contributed by atoms with Crippen LogP contribution in [0.25, 0.3) is 0 Å². The zero-order valence-electron chi connectivity index (χ0n) is 11.8. The number of likely N-dealkylation sites (N-methyl/N-ethyl adjacent to an activating group) is 1. The zero-order valence-corrected chi connectivity index (χ0v) is 11.8. The molecule has 0 aromatic heterocycles. The highest BCUT2D eigenvalue weighted by Crippen LogP contribution is 2.27. The average molecular weight is 240 g/mol. The van der Waals surface area contributed by atoms with Crippen LogP contribution in [0.15, 0.2) is 0 Å². The Hall–Kier alpha value is -0.570. The molecule has 100 valence electrons. The van der Waals surface area contributed by atoms with Gasteiger partial charge in [-0.1, -0.05) is 33.6 Å². The van der Waals surface area contributed by atoms with Crippen molar-refractivity contribution in [3.63, 3.8) is 0 Å². The van der Waals surface area contributed by atoms with Crippen LogP contribution in [-0.4, -0.2) is 29.9 Å². The summed E-state index contributed by atoms with van der Waals surface area (Å²) in [6.45, 7) is 6.47. The van der Waals surface area contributed by atoms with E-state index in [1.807, 2.05) is 11.9 Å². The predicted molar refractivity (Wildman–Crippen MR) is 71.6 cm³/mol. The number of nitrogens with zero attached hydrogens (tertiary/aromatic N) is 1. The molecule has 2 N–H and O–H groups in total. The molecule has 3 atom stereocenters. The third kappa shape index (κ3) is 3.98. The third-order valence-electron chi connectivity index (χ3n) is 3.95. The van der Waals surface area contributed by atoms with Crippen molar-refractivity contribution >= 4 is 5.91 Å². The topological polar surface area (TPSA) is 46.3 Å². The Bertz CT molecular complexity index is 253. The van der Waals surface area contributed by atoms with E-state index in [0.29, 0.717) is 17.9 Å². The molecular weight excluding hydrogens is 212 g/mol. The Labute approximate surface area is 106 Å². The van der Waals surface area contributed by atoms with Crippen LogP contribution in [0.4, 0.5) is 0 Å². The quantitative estimate of drug-likeness (QED) is 0.820. The molecule has 0 saturated heterocycles. The van der Waals surface area contributed by atoms with Crippen LogP contribution in [0.3, 0.4) is 0 Å². The summed E-state index contributed by atoms with van der Waals surface area (Å²) in [6, 6.07) is 0.0728. The van der Waals surface area contributed by atoms with Crippen molar-refractivity contribution in [2.24, 2.45) is 17.6 Å². The molecule has 1 rings (SSSR count). The SMILES string of the molecule is CC(C)C[C@@H](N)C(=O)N(C)C1CCCCC1C. The van der Waals surface area contributed by atoms with Gasteiger partial charge in [0.2, 0.25) is 5.91 Å². The first-order chi connectivity index (χ1) is 7.93. The molecule has 1 fully saturated rings. The van der Waals surface area contributed by atoms with Crippen LogP contribution in [-0.2, 0) is 4.79 Å². The van der Waals surface area contributed by atoms with Crippen LogP contribution in [0.2, 0.25) is 0 Å². The van der Waals surface area contributed by atoms with Gasteiger partial charge >= 0.3 is 0 Å². The number of carbonyl (C=O) groups is 1. The minimum Gasteiger partial charge on any atom is -0.341 e. The number of nitrogens with two attached hydrogens (primary N) is 1. The third-order valence-corrected chi connectivity index (χ3v) is 3.95. The van der Waals surface area contributed by atoms with Crippen LogP contribution in [0, 0.1) is 11.8 Å². The van der Waals surface area contributed by atoms with Gasteiger partial charge in [0.05, 0.1) is 6.04 Å². The molecule has 3 nitrogen and oxygen atoms in total. The molecule has 1 saturated carbocycles. The molecule has 0 heterocycles. The maximum atomic E-state index is 12.2. The van der Waals surface area contributed by atoms with Gasteiger partial charge in [-0.3, -0.25) is 4.79 Å². The van der Waals surface area contributed by atoms with E-state index >= 15 is 0 Å². The fourth-order valence-electron chi connectivity index (χ4n) is 2.91. The first-order valence-electron chi connectivity index (χ1n) is 6.95. The fourth-order valence-corrected chi connectivity index (χ4v) is 2.91. The van der Waals surface area contributed by atoms with E-state index in [2.05, 4.69) is 20.8 Å². The van der Waals surface area contributed by atoms with Gasteiger partial charge in [0.25, 0.3) is 0 Å². The van der Waals surface area contributed by atoms with E-state index < -0.39 is 0 Å². The largest absolute Gasteiger partial charge is 0.341 e. The summed E-state index contributed by atoms with van der Waals surface area (Å²) >= 11 is 0. The minimum absolute atomic E-state index is 0.123. The van der Waals surface area contributed by atoms with E-state index in [1.54, 1.807) is 0 Å². The average Bonchev–Trinajstić information content (AvgIpc) is 2.27. The molecule has 0 aromatic rings. The summed E-state index contributed by atoms with van der Waals surface area (Å²) in [5.74, 6) is 1.22. The van der Waals surface area contributed by atoms with Crippen LogP contribution in [0.5, 0.6) is 0 Å². The Morgan fingerprint density at radius 2 is 1.94 bits per heavy atom. The van der Waals surface area contributed by atoms with Gasteiger partial charge in [-0.25, -0.2) is 0 Å². The molecule has 3 heteroatoms. The molecule has 0 radical (unpaired) electrons. The van der Waals surface area contributed by atoms with E-state index in [4.69, 9.17) is 5.73 Å². The summed E-state index contributed by atoms with van der Waals surface area (Å²) < 4.78 is 0. The molecule has 0 aromatic carbocycles.